The molecule has 1 N–H and O–H groups in total. The summed E-state index contributed by atoms with van der Waals surface area (Å²) in [5, 5.41) is 3.64. The van der Waals surface area contributed by atoms with Gasteiger partial charge >= 0.3 is 0 Å². The van der Waals surface area contributed by atoms with E-state index in [1.165, 1.54) is 25.9 Å². The van der Waals surface area contributed by atoms with Crippen LogP contribution in [0, 0.1) is 5.92 Å². The molecule has 0 aliphatic carbocycles. The highest BCUT2D eigenvalue weighted by Crippen LogP contribution is 2.18. The van der Waals surface area contributed by atoms with Gasteiger partial charge in [0.1, 0.15) is 0 Å². The molecule has 0 bridgehead atoms. The van der Waals surface area contributed by atoms with Gasteiger partial charge in [0.2, 0.25) is 0 Å². The Morgan fingerprint density at radius 2 is 2.24 bits per heavy atom. The fourth-order valence-corrected chi connectivity index (χ4v) is 2.53. The predicted molar refractivity (Wildman–Crippen MR) is 73.4 cm³/mol. The van der Waals surface area contributed by atoms with Crippen LogP contribution >= 0.6 is 0 Å². The number of hydrogen-bond acceptors (Lipinski definition) is 3. The van der Waals surface area contributed by atoms with E-state index in [0.717, 1.165) is 38.5 Å². The Kier molecular flexibility index (Phi) is 7.82. The molecule has 2 unspecified atom stereocenters. The Hall–Kier alpha value is -0.120. The number of likely N-dealkylation sites (tertiary alicyclic amines) is 1. The summed E-state index contributed by atoms with van der Waals surface area (Å²) >= 11 is 0. The first-order valence-corrected chi connectivity index (χ1v) is 7.23. The van der Waals surface area contributed by atoms with Gasteiger partial charge in [0.15, 0.2) is 0 Å². The molecule has 0 aromatic carbocycles. The van der Waals surface area contributed by atoms with Crippen molar-refractivity contribution in [2.75, 3.05) is 39.9 Å². The molecule has 102 valence electrons. The third kappa shape index (κ3) is 6.39. The fourth-order valence-electron chi connectivity index (χ4n) is 2.53. The first kappa shape index (κ1) is 14.9. The van der Waals surface area contributed by atoms with Crippen LogP contribution in [0.5, 0.6) is 0 Å². The number of nitrogens with zero attached hydrogens (tertiary/aromatic N) is 1. The van der Waals surface area contributed by atoms with Gasteiger partial charge in [0, 0.05) is 25.8 Å². The Morgan fingerprint density at radius 3 is 2.94 bits per heavy atom. The van der Waals surface area contributed by atoms with Crippen molar-refractivity contribution in [1.29, 1.82) is 0 Å². The zero-order valence-corrected chi connectivity index (χ0v) is 11.9. The third-order valence-electron chi connectivity index (χ3n) is 3.65. The minimum atomic E-state index is 0.643. The van der Waals surface area contributed by atoms with Crippen LogP contribution in [0.15, 0.2) is 0 Å². The van der Waals surface area contributed by atoms with E-state index in [1.807, 2.05) is 0 Å². The van der Waals surface area contributed by atoms with E-state index >= 15 is 0 Å². The van der Waals surface area contributed by atoms with Crippen LogP contribution in [-0.4, -0.2) is 50.8 Å². The summed E-state index contributed by atoms with van der Waals surface area (Å²) in [6, 6.07) is 0.643. The van der Waals surface area contributed by atoms with E-state index in [-0.39, 0.29) is 0 Å². The van der Waals surface area contributed by atoms with Gasteiger partial charge in [-0.05, 0) is 58.7 Å². The van der Waals surface area contributed by atoms with E-state index in [9.17, 15) is 0 Å². The molecule has 0 radical (unpaired) electrons. The van der Waals surface area contributed by atoms with Crippen LogP contribution in [0.2, 0.25) is 0 Å². The molecule has 1 aliphatic rings. The van der Waals surface area contributed by atoms with E-state index in [0.29, 0.717) is 6.04 Å². The molecule has 0 amide bonds. The smallest absolute Gasteiger partial charge is 0.0478 e. The molecular formula is C14H30N2O. The highest BCUT2D eigenvalue weighted by molar-refractivity contribution is 4.78. The van der Waals surface area contributed by atoms with Crippen molar-refractivity contribution in [3.63, 3.8) is 0 Å². The Balaban J connectivity index is 2.02. The maximum Gasteiger partial charge on any atom is 0.0478 e. The fraction of sp³-hybridized carbons (Fsp3) is 1.00. The monoisotopic (exact) mass is 242 g/mol. The summed E-state index contributed by atoms with van der Waals surface area (Å²) in [6.07, 6.45) is 4.99. The quantitative estimate of drug-likeness (QED) is 0.660. The number of hydrogen-bond donors (Lipinski definition) is 1. The SMILES string of the molecule is CCCOCCCNC(C)C1CCCN(C)C1. The first-order valence-electron chi connectivity index (χ1n) is 7.23. The number of nitrogens with one attached hydrogen (secondary N) is 1. The van der Waals surface area contributed by atoms with Crippen LogP contribution in [0.1, 0.15) is 39.5 Å². The molecule has 1 heterocycles. The molecule has 1 rings (SSSR count). The molecule has 1 aliphatic heterocycles. The summed E-state index contributed by atoms with van der Waals surface area (Å²) in [5.41, 5.74) is 0. The molecular weight excluding hydrogens is 212 g/mol. The van der Waals surface area contributed by atoms with E-state index in [4.69, 9.17) is 4.74 Å². The van der Waals surface area contributed by atoms with Gasteiger partial charge < -0.3 is 15.0 Å². The lowest BCUT2D eigenvalue weighted by Crippen LogP contribution is -2.43. The van der Waals surface area contributed by atoms with Gasteiger partial charge in [-0.1, -0.05) is 6.92 Å². The summed E-state index contributed by atoms with van der Waals surface area (Å²) in [4.78, 5) is 2.46. The summed E-state index contributed by atoms with van der Waals surface area (Å²) in [5.74, 6) is 0.824. The maximum atomic E-state index is 5.48. The molecule has 0 aromatic heterocycles. The zero-order chi connectivity index (χ0) is 12.5. The lowest BCUT2D eigenvalue weighted by atomic mass is 9.92. The van der Waals surface area contributed by atoms with Crippen molar-refractivity contribution >= 4 is 0 Å². The highest BCUT2D eigenvalue weighted by Gasteiger charge is 2.21. The summed E-state index contributed by atoms with van der Waals surface area (Å²) in [7, 11) is 2.23. The minimum Gasteiger partial charge on any atom is -0.381 e. The number of rotatable bonds is 8. The second-order valence-electron chi connectivity index (χ2n) is 5.37. The number of piperidine rings is 1. The van der Waals surface area contributed by atoms with Crippen molar-refractivity contribution in [3.8, 4) is 0 Å². The zero-order valence-electron chi connectivity index (χ0n) is 11.9. The molecule has 17 heavy (non-hydrogen) atoms. The largest absolute Gasteiger partial charge is 0.381 e. The average molecular weight is 242 g/mol. The predicted octanol–water partition coefficient (Wildman–Crippen LogP) is 2.12. The minimum absolute atomic E-state index is 0.643. The van der Waals surface area contributed by atoms with Crippen LogP contribution in [0.3, 0.4) is 0 Å². The maximum absolute atomic E-state index is 5.48. The van der Waals surface area contributed by atoms with Crippen LogP contribution in [0.25, 0.3) is 0 Å². The van der Waals surface area contributed by atoms with Crippen molar-refractivity contribution in [2.24, 2.45) is 5.92 Å². The van der Waals surface area contributed by atoms with Crippen molar-refractivity contribution in [2.45, 2.75) is 45.6 Å². The second-order valence-corrected chi connectivity index (χ2v) is 5.37. The van der Waals surface area contributed by atoms with E-state index < -0.39 is 0 Å². The lowest BCUT2D eigenvalue weighted by molar-refractivity contribution is 0.129. The van der Waals surface area contributed by atoms with Crippen molar-refractivity contribution in [3.05, 3.63) is 0 Å². The summed E-state index contributed by atoms with van der Waals surface area (Å²) < 4.78 is 5.48. The molecule has 0 spiro atoms. The van der Waals surface area contributed by atoms with Crippen LogP contribution < -0.4 is 5.32 Å². The molecule has 0 aromatic rings. The van der Waals surface area contributed by atoms with Gasteiger partial charge in [0.25, 0.3) is 0 Å². The molecule has 3 heteroatoms. The molecule has 1 fully saturated rings. The average Bonchev–Trinajstić information content (AvgIpc) is 2.33. The number of ether oxygens (including phenoxy) is 1. The van der Waals surface area contributed by atoms with Crippen molar-refractivity contribution < 1.29 is 4.74 Å². The van der Waals surface area contributed by atoms with Crippen LogP contribution in [0.4, 0.5) is 0 Å². The Labute approximate surface area is 107 Å². The third-order valence-corrected chi connectivity index (χ3v) is 3.65. The molecule has 2 atom stereocenters. The molecule has 1 saturated heterocycles. The topological polar surface area (TPSA) is 24.5 Å². The Morgan fingerprint density at radius 1 is 1.41 bits per heavy atom. The van der Waals surface area contributed by atoms with Gasteiger partial charge in [-0.25, -0.2) is 0 Å². The highest BCUT2D eigenvalue weighted by atomic mass is 16.5. The van der Waals surface area contributed by atoms with Gasteiger partial charge in [-0.3, -0.25) is 0 Å². The second kappa shape index (κ2) is 8.90. The van der Waals surface area contributed by atoms with Crippen LogP contribution in [-0.2, 0) is 4.74 Å². The van der Waals surface area contributed by atoms with E-state index in [1.54, 1.807) is 0 Å². The Bertz CT molecular complexity index is 187. The molecule has 3 nitrogen and oxygen atoms in total. The molecule has 0 saturated carbocycles. The van der Waals surface area contributed by atoms with E-state index in [2.05, 4.69) is 31.1 Å². The van der Waals surface area contributed by atoms with Gasteiger partial charge in [0.05, 0.1) is 0 Å². The lowest BCUT2D eigenvalue weighted by Gasteiger charge is -2.34. The standard InChI is InChI=1S/C14H30N2O/c1-4-10-17-11-6-8-15-13(2)14-7-5-9-16(3)12-14/h13-15H,4-12H2,1-3H3. The summed E-state index contributed by atoms with van der Waals surface area (Å²) in [6.45, 7) is 9.90. The van der Waals surface area contributed by atoms with Crippen molar-refractivity contribution in [1.82, 2.24) is 10.2 Å². The van der Waals surface area contributed by atoms with Gasteiger partial charge in [-0.15, -0.1) is 0 Å². The first-order chi connectivity index (χ1) is 8.24. The van der Waals surface area contributed by atoms with Gasteiger partial charge in [-0.2, -0.15) is 0 Å². The normalized spacial score (nSPS) is 23.8.